The first-order chi connectivity index (χ1) is 27.0. The molecule has 0 bridgehead atoms. The zero-order chi connectivity index (χ0) is 40.1. The molecule has 2 unspecified atom stereocenters. The fourth-order valence-corrected chi connectivity index (χ4v) is 7.20. The molecule has 3 N–H and O–H groups in total. The van der Waals surface area contributed by atoms with Gasteiger partial charge in [-0.15, -0.1) is 0 Å². The van der Waals surface area contributed by atoms with E-state index in [4.69, 9.17) is 4.74 Å². The van der Waals surface area contributed by atoms with Crippen molar-refractivity contribution in [2.24, 2.45) is 0 Å². The van der Waals surface area contributed by atoms with Crippen LogP contribution in [-0.2, 0) is 14.3 Å². The maximum absolute atomic E-state index is 12.4. The van der Waals surface area contributed by atoms with E-state index in [1.165, 1.54) is 148 Å². The van der Waals surface area contributed by atoms with E-state index in [1.54, 1.807) is 0 Å². The second-order valence-corrected chi connectivity index (χ2v) is 16.4. The van der Waals surface area contributed by atoms with Gasteiger partial charge in [-0.05, 0) is 70.6 Å². The summed E-state index contributed by atoms with van der Waals surface area (Å²) in [6, 6.07) is -0.561. The summed E-state index contributed by atoms with van der Waals surface area (Å²) in [6.45, 7) is 4.86. The summed E-state index contributed by atoms with van der Waals surface area (Å²) in [5, 5.41) is 23.1. The van der Waals surface area contributed by atoms with Gasteiger partial charge in [-0.1, -0.05) is 192 Å². The average molecular weight is 776 g/mol. The molecule has 0 rings (SSSR count). The zero-order valence-electron chi connectivity index (χ0n) is 36.7. The highest BCUT2D eigenvalue weighted by molar-refractivity contribution is 5.76. The molecule has 0 aliphatic heterocycles. The number of allylic oxidation sites excluding steroid dienone is 4. The number of aliphatic hydroxyl groups is 2. The highest BCUT2D eigenvalue weighted by Crippen LogP contribution is 2.15. The summed E-state index contributed by atoms with van der Waals surface area (Å²) in [5.41, 5.74) is 0. The Morgan fingerprint density at radius 3 is 1.36 bits per heavy atom. The van der Waals surface area contributed by atoms with E-state index in [2.05, 4.69) is 43.5 Å². The van der Waals surface area contributed by atoms with E-state index < -0.39 is 12.1 Å². The predicted octanol–water partition coefficient (Wildman–Crippen LogP) is 14.0. The fourth-order valence-electron chi connectivity index (χ4n) is 7.20. The van der Waals surface area contributed by atoms with Gasteiger partial charge in [0.25, 0.3) is 0 Å². The fraction of sp³-hybridized carbons (Fsp3) is 0.878. The predicted molar refractivity (Wildman–Crippen MR) is 236 cm³/mol. The van der Waals surface area contributed by atoms with Gasteiger partial charge in [-0.3, -0.25) is 9.59 Å². The van der Waals surface area contributed by atoms with Gasteiger partial charge < -0.3 is 20.3 Å². The molecule has 0 aliphatic carbocycles. The Hall–Kier alpha value is -1.66. The van der Waals surface area contributed by atoms with Gasteiger partial charge in [-0.2, -0.15) is 0 Å². The van der Waals surface area contributed by atoms with Gasteiger partial charge in [0.05, 0.1) is 25.4 Å². The number of nitrogens with one attached hydrogen (secondary N) is 1. The minimum atomic E-state index is -0.680. The molecule has 0 spiro atoms. The summed E-state index contributed by atoms with van der Waals surface area (Å²) < 4.78 is 5.42. The third kappa shape index (κ3) is 41.8. The lowest BCUT2D eigenvalue weighted by molar-refractivity contribution is -0.143. The second kappa shape index (κ2) is 45.0. The normalized spacial score (nSPS) is 12.9. The van der Waals surface area contributed by atoms with Crippen LogP contribution in [0.4, 0.5) is 0 Å². The molecule has 0 saturated heterocycles. The van der Waals surface area contributed by atoms with Crippen LogP contribution in [-0.4, -0.2) is 47.4 Å². The SMILES string of the molecule is CCCC/C=C\CCCCCCCC(=O)OCCCCCCCC/C=C\CCCCCC(=O)NC(CO)C(O)CCCCCCCCCCCCCCCC. The average Bonchev–Trinajstić information content (AvgIpc) is 3.18. The molecule has 324 valence electrons. The third-order valence-electron chi connectivity index (χ3n) is 11.0. The molecule has 1 amide bonds. The lowest BCUT2D eigenvalue weighted by Crippen LogP contribution is -2.45. The Labute approximate surface area is 341 Å². The van der Waals surface area contributed by atoms with Crippen molar-refractivity contribution in [2.45, 2.75) is 264 Å². The first-order valence-electron chi connectivity index (χ1n) is 24.1. The van der Waals surface area contributed by atoms with Crippen molar-refractivity contribution >= 4 is 11.9 Å². The first kappa shape index (κ1) is 53.3. The number of carbonyl (C=O) groups excluding carboxylic acids is 2. The Morgan fingerprint density at radius 2 is 0.873 bits per heavy atom. The van der Waals surface area contributed by atoms with Crippen molar-refractivity contribution in [3.05, 3.63) is 24.3 Å². The van der Waals surface area contributed by atoms with Crippen LogP contribution >= 0.6 is 0 Å². The quantitative estimate of drug-likeness (QED) is 0.0325. The van der Waals surface area contributed by atoms with E-state index in [0.29, 0.717) is 25.9 Å². The summed E-state index contributed by atoms with van der Waals surface area (Å²) in [4.78, 5) is 24.4. The Balaban J connectivity index is 3.52. The largest absolute Gasteiger partial charge is 0.466 e. The van der Waals surface area contributed by atoms with Gasteiger partial charge in [0, 0.05) is 12.8 Å². The van der Waals surface area contributed by atoms with Crippen LogP contribution in [0.2, 0.25) is 0 Å². The number of amides is 1. The molecular weight excluding hydrogens is 683 g/mol. The zero-order valence-corrected chi connectivity index (χ0v) is 36.7. The highest BCUT2D eigenvalue weighted by Gasteiger charge is 2.20. The molecule has 0 saturated carbocycles. The Bertz CT molecular complexity index is 858. The summed E-state index contributed by atoms with van der Waals surface area (Å²) in [6.07, 6.45) is 51.4. The van der Waals surface area contributed by atoms with Crippen LogP contribution in [0.25, 0.3) is 0 Å². The summed E-state index contributed by atoms with van der Waals surface area (Å²) in [7, 11) is 0. The minimum absolute atomic E-state index is 0.0241. The number of unbranched alkanes of at least 4 members (excludes halogenated alkanes) is 29. The Kier molecular flexibility index (Phi) is 43.7. The first-order valence-corrected chi connectivity index (χ1v) is 24.1. The van der Waals surface area contributed by atoms with Gasteiger partial charge in [0.2, 0.25) is 5.91 Å². The molecule has 0 aromatic carbocycles. The summed E-state index contributed by atoms with van der Waals surface area (Å²) in [5.74, 6) is -0.0900. The van der Waals surface area contributed by atoms with Crippen LogP contribution in [0, 0.1) is 0 Å². The lowest BCUT2D eigenvalue weighted by Gasteiger charge is -2.22. The van der Waals surface area contributed by atoms with Gasteiger partial charge in [0.1, 0.15) is 0 Å². The maximum Gasteiger partial charge on any atom is 0.305 e. The van der Waals surface area contributed by atoms with Crippen LogP contribution in [0.5, 0.6) is 0 Å². The van der Waals surface area contributed by atoms with Crippen molar-refractivity contribution in [1.82, 2.24) is 5.32 Å². The number of ether oxygens (including phenoxy) is 1. The van der Waals surface area contributed by atoms with Crippen LogP contribution in [0.15, 0.2) is 24.3 Å². The molecule has 0 radical (unpaired) electrons. The van der Waals surface area contributed by atoms with Crippen LogP contribution < -0.4 is 5.32 Å². The van der Waals surface area contributed by atoms with Gasteiger partial charge >= 0.3 is 5.97 Å². The van der Waals surface area contributed by atoms with Gasteiger partial charge in [0.15, 0.2) is 0 Å². The van der Waals surface area contributed by atoms with Crippen molar-refractivity contribution < 1.29 is 24.5 Å². The molecule has 6 nitrogen and oxygen atoms in total. The number of hydrogen-bond donors (Lipinski definition) is 3. The van der Waals surface area contributed by atoms with E-state index in [1.807, 2.05) is 0 Å². The number of hydrogen-bond acceptors (Lipinski definition) is 5. The molecule has 2 atom stereocenters. The van der Waals surface area contributed by atoms with E-state index in [0.717, 1.165) is 70.6 Å². The smallest absolute Gasteiger partial charge is 0.305 e. The Morgan fingerprint density at radius 1 is 0.491 bits per heavy atom. The third-order valence-corrected chi connectivity index (χ3v) is 11.0. The van der Waals surface area contributed by atoms with Gasteiger partial charge in [-0.25, -0.2) is 0 Å². The molecule has 0 aliphatic rings. The topological polar surface area (TPSA) is 95.9 Å². The highest BCUT2D eigenvalue weighted by atomic mass is 16.5. The van der Waals surface area contributed by atoms with Crippen LogP contribution in [0.3, 0.4) is 0 Å². The van der Waals surface area contributed by atoms with E-state index in [9.17, 15) is 19.8 Å². The summed E-state index contributed by atoms with van der Waals surface area (Å²) >= 11 is 0. The number of esters is 1. The van der Waals surface area contributed by atoms with Crippen molar-refractivity contribution in [1.29, 1.82) is 0 Å². The van der Waals surface area contributed by atoms with Crippen molar-refractivity contribution in [3.63, 3.8) is 0 Å². The molecule has 0 aromatic heterocycles. The lowest BCUT2D eigenvalue weighted by atomic mass is 10.0. The van der Waals surface area contributed by atoms with Crippen molar-refractivity contribution in [3.8, 4) is 0 Å². The molecule has 55 heavy (non-hydrogen) atoms. The second-order valence-electron chi connectivity index (χ2n) is 16.4. The standard InChI is InChI=1S/C49H93NO5/c1-3-5-7-9-11-13-15-16-18-22-25-29-33-37-41-47(52)46(45-51)50-48(53)42-38-34-30-26-23-19-17-20-24-28-32-36-40-44-55-49(54)43-39-35-31-27-21-14-12-10-8-6-4-2/h10,12,19,23,46-47,51-52H,3-9,11,13-18,20-22,24-45H2,1-2H3,(H,50,53)/b12-10-,23-19-. The molecule has 0 heterocycles. The molecular formula is C49H93NO5. The number of aliphatic hydroxyl groups excluding tert-OH is 2. The molecule has 6 heteroatoms. The molecule has 0 fully saturated rings. The molecule has 0 aromatic rings. The van der Waals surface area contributed by atoms with Crippen molar-refractivity contribution in [2.75, 3.05) is 13.2 Å². The number of carbonyl (C=O) groups is 2. The van der Waals surface area contributed by atoms with E-state index >= 15 is 0 Å². The van der Waals surface area contributed by atoms with Crippen LogP contribution in [0.1, 0.15) is 251 Å². The minimum Gasteiger partial charge on any atom is -0.466 e. The monoisotopic (exact) mass is 776 g/mol. The maximum atomic E-state index is 12.4. The number of rotatable bonds is 44. The van der Waals surface area contributed by atoms with E-state index in [-0.39, 0.29) is 18.5 Å².